The Labute approximate surface area is 115 Å². The minimum absolute atomic E-state index is 0.0956. The Kier molecular flexibility index (Phi) is 4.33. The number of amides is 1. The van der Waals surface area contributed by atoms with Gasteiger partial charge in [-0.15, -0.1) is 22.9 Å². The van der Waals surface area contributed by atoms with Gasteiger partial charge in [-0.25, -0.2) is 4.98 Å². The van der Waals surface area contributed by atoms with Crippen molar-refractivity contribution in [3.05, 3.63) is 51.5 Å². The average molecular weight is 281 g/mol. The molecule has 0 unspecified atom stereocenters. The van der Waals surface area contributed by atoms with Gasteiger partial charge in [0.25, 0.3) is 5.91 Å². The Morgan fingerprint density at radius 3 is 2.67 bits per heavy atom. The summed E-state index contributed by atoms with van der Waals surface area (Å²) >= 11 is 7.27. The maximum absolute atomic E-state index is 11.9. The van der Waals surface area contributed by atoms with Crippen LogP contribution in [-0.4, -0.2) is 10.9 Å². The Morgan fingerprint density at radius 2 is 2.11 bits per heavy atom. The van der Waals surface area contributed by atoms with Crippen LogP contribution in [0, 0.1) is 6.92 Å². The van der Waals surface area contributed by atoms with Gasteiger partial charge in [-0.3, -0.25) is 4.79 Å². The van der Waals surface area contributed by atoms with Gasteiger partial charge in [0.15, 0.2) is 0 Å². The summed E-state index contributed by atoms with van der Waals surface area (Å²) < 4.78 is 0. The number of aryl methyl sites for hydroxylation is 1. The molecule has 0 aliphatic carbocycles. The number of halogens is 1. The first kappa shape index (κ1) is 13.1. The van der Waals surface area contributed by atoms with E-state index in [0.29, 0.717) is 18.0 Å². The summed E-state index contributed by atoms with van der Waals surface area (Å²) in [7, 11) is 0. The summed E-state index contributed by atoms with van der Waals surface area (Å²) in [5.74, 6) is 0.363. The number of benzene rings is 1. The van der Waals surface area contributed by atoms with Crippen LogP contribution in [-0.2, 0) is 12.4 Å². The van der Waals surface area contributed by atoms with Gasteiger partial charge in [0, 0.05) is 16.8 Å². The van der Waals surface area contributed by atoms with Gasteiger partial charge in [0.05, 0.1) is 17.2 Å². The molecule has 0 spiro atoms. The summed E-state index contributed by atoms with van der Waals surface area (Å²) in [4.78, 5) is 16.1. The third-order valence-corrected chi connectivity index (χ3v) is 3.60. The maximum Gasteiger partial charge on any atom is 0.251 e. The average Bonchev–Trinajstić information content (AvgIpc) is 2.82. The molecule has 0 radical (unpaired) electrons. The molecule has 1 aromatic heterocycles. The highest BCUT2D eigenvalue weighted by Crippen LogP contribution is 2.09. The SMILES string of the molecule is Cc1nc(CNC(=O)c2ccc(CCl)cc2)cs1. The number of nitrogens with one attached hydrogen (secondary N) is 1. The molecular formula is C13H13ClN2OS. The van der Waals surface area contributed by atoms with Crippen LogP contribution in [0.5, 0.6) is 0 Å². The van der Waals surface area contributed by atoms with Crippen LogP contribution < -0.4 is 5.32 Å². The first-order valence-corrected chi connectivity index (χ1v) is 6.94. The van der Waals surface area contributed by atoms with Crippen molar-refractivity contribution in [2.45, 2.75) is 19.3 Å². The lowest BCUT2D eigenvalue weighted by Crippen LogP contribution is -2.22. The Bertz CT molecular complexity index is 536. The van der Waals surface area contributed by atoms with Crippen molar-refractivity contribution in [1.82, 2.24) is 10.3 Å². The lowest BCUT2D eigenvalue weighted by atomic mass is 10.1. The van der Waals surface area contributed by atoms with E-state index in [2.05, 4.69) is 10.3 Å². The van der Waals surface area contributed by atoms with Crippen molar-refractivity contribution in [3.63, 3.8) is 0 Å². The van der Waals surface area contributed by atoms with E-state index in [-0.39, 0.29) is 5.91 Å². The highest BCUT2D eigenvalue weighted by atomic mass is 35.5. The van der Waals surface area contributed by atoms with Gasteiger partial charge >= 0.3 is 0 Å². The second-order valence-electron chi connectivity index (χ2n) is 3.87. The summed E-state index contributed by atoms with van der Waals surface area (Å²) in [6.45, 7) is 2.40. The molecule has 1 aromatic carbocycles. The zero-order valence-electron chi connectivity index (χ0n) is 9.94. The molecule has 1 amide bonds. The summed E-state index contributed by atoms with van der Waals surface area (Å²) in [6.07, 6.45) is 0. The number of carbonyl (C=O) groups is 1. The summed E-state index contributed by atoms with van der Waals surface area (Å²) in [5, 5.41) is 5.79. The number of carbonyl (C=O) groups excluding carboxylic acids is 1. The van der Waals surface area contributed by atoms with E-state index in [4.69, 9.17) is 11.6 Å². The van der Waals surface area contributed by atoms with E-state index >= 15 is 0 Å². The third-order valence-electron chi connectivity index (χ3n) is 2.47. The molecule has 0 bridgehead atoms. The number of nitrogens with zero attached hydrogens (tertiary/aromatic N) is 1. The highest BCUT2D eigenvalue weighted by molar-refractivity contribution is 7.09. The predicted octanol–water partition coefficient (Wildman–Crippen LogP) is 3.12. The Hall–Kier alpha value is -1.39. The van der Waals surface area contributed by atoms with E-state index in [1.165, 1.54) is 0 Å². The van der Waals surface area contributed by atoms with Crippen molar-refractivity contribution in [2.75, 3.05) is 0 Å². The molecule has 0 aliphatic rings. The minimum Gasteiger partial charge on any atom is -0.346 e. The van der Waals surface area contributed by atoms with Crippen LogP contribution in [0.4, 0.5) is 0 Å². The zero-order chi connectivity index (χ0) is 13.0. The van der Waals surface area contributed by atoms with Crippen molar-refractivity contribution in [3.8, 4) is 0 Å². The van der Waals surface area contributed by atoms with E-state index in [1.807, 2.05) is 24.4 Å². The quantitative estimate of drug-likeness (QED) is 0.875. The number of hydrogen-bond acceptors (Lipinski definition) is 3. The lowest BCUT2D eigenvalue weighted by molar-refractivity contribution is 0.0950. The van der Waals surface area contributed by atoms with Gasteiger partial charge in [-0.05, 0) is 24.6 Å². The zero-order valence-corrected chi connectivity index (χ0v) is 11.5. The fraction of sp³-hybridized carbons (Fsp3) is 0.231. The minimum atomic E-state index is -0.0956. The topological polar surface area (TPSA) is 42.0 Å². The highest BCUT2D eigenvalue weighted by Gasteiger charge is 2.06. The Morgan fingerprint density at radius 1 is 1.39 bits per heavy atom. The fourth-order valence-electron chi connectivity index (χ4n) is 1.51. The fourth-order valence-corrected chi connectivity index (χ4v) is 2.30. The standard InChI is InChI=1S/C13H13ClN2OS/c1-9-16-12(8-18-9)7-15-13(17)11-4-2-10(6-14)3-5-11/h2-5,8H,6-7H2,1H3,(H,15,17). The van der Waals surface area contributed by atoms with E-state index < -0.39 is 0 Å². The molecule has 2 aromatic rings. The van der Waals surface area contributed by atoms with Crippen LogP contribution in [0.1, 0.15) is 26.6 Å². The van der Waals surface area contributed by atoms with Gasteiger partial charge in [0.1, 0.15) is 0 Å². The lowest BCUT2D eigenvalue weighted by Gasteiger charge is -2.04. The van der Waals surface area contributed by atoms with Crippen molar-refractivity contribution >= 4 is 28.8 Å². The molecular weight excluding hydrogens is 268 g/mol. The van der Waals surface area contributed by atoms with Crippen LogP contribution in [0.2, 0.25) is 0 Å². The van der Waals surface area contributed by atoms with Crippen molar-refractivity contribution in [1.29, 1.82) is 0 Å². The second kappa shape index (κ2) is 5.98. The molecule has 3 nitrogen and oxygen atoms in total. The summed E-state index contributed by atoms with van der Waals surface area (Å²) in [6, 6.07) is 7.27. The van der Waals surface area contributed by atoms with Gasteiger partial charge in [-0.1, -0.05) is 12.1 Å². The van der Waals surface area contributed by atoms with Crippen LogP contribution in [0.3, 0.4) is 0 Å². The molecule has 94 valence electrons. The second-order valence-corrected chi connectivity index (χ2v) is 5.20. The van der Waals surface area contributed by atoms with Crippen LogP contribution in [0.15, 0.2) is 29.6 Å². The first-order valence-electron chi connectivity index (χ1n) is 5.53. The number of thiazole rings is 1. The van der Waals surface area contributed by atoms with Gasteiger partial charge in [-0.2, -0.15) is 0 Å². The van der Waals surface area contributed by atoms with Crippen molar-refractivity contribution in [2.24, 2.45) is 0 Å². The number of hydrogen-bond donors (Lipinski definition) is 1. The molecule has 2 rings (SSSR count). The molecule has 1 heterocycles. The van der Waals surface area contributed by atoms with Gasteiger partial charge < -0.3 is 5.32 Å². The molecule has 0 saturated heterocycles. The third kappa shape index (κ3) is 3.31. The molecule has 1 N–H and O–H groups in total. The predicted molar refractivity (Wildman–Crippen MR) is 74.0 cm³/mol. The number of alkyl halides is 1. The molecule has 18 heavy (non-hydrogen) atoms. The van der Waals surface area contributed by atoms with Crippen LogP contribution in [0.25, 0.3) is 0 Å². The monoisotopic (exact) mass is 280 g/mol. The van der Waals surface area contributed by atoms with Crippen LogP contribution >= 0.6 is 22.9 Å². The smallest absolute Gasteiger partial charge is 0.251 e. The van der Waals surface area contributed by atoms with E-state index in [1.54, 1.807) is 23.5 Å². The number of aromatic nitrogens is 1. The maximum atomic E-state index is 11.9. The molecule has 5 heteroatoms. The van der Waals surface area contributed by atoms with E-state index in [0.717, 1.165) is 16.3 Å². The largest absolute Gasteiger partial charge is 0.346 e. The van der Waals surface area contributed by atoms with Gasteiger partial charge in [0.2, 0.25) is 0 Å². The normalized spacial score (nSPS) is 10.3. The molecule has 0 atom stereocenters. The van der Waals surface area contributed by atoms with E-state index in [9.17, 15) is 4.79 Å². The molecule has 0 fully saturated rings. The Balaban J connectivity index is 1.94. The van der Waals surface area contributed by atoms with Crippen molar-refractivity contribution < 1.29 is 4.79 Å². The number of rotatable bonds is 4. The molecule has 0 saturated carbocycles. The first-order chi connectivity index (χ1) is 8.69. The summed E-state index contributed by atoms with van der Waals surface area (Å²) in [5.41, 5.74) is 2.53. The molecule has 0 aliphatic heterocycles.